The van der Waals surface area contributed by atoms with Gasteiger partial charge in [-0.1, -0.05) is 84.9 Å². The molecule has 0 saturated heterocycles. The van der Waals surface area contributed by atoms with Crippen molar-refractivity contribution in [3.05, 3.63) is 131 Å². The summed E-state index contributed by atoms with van der Waals surface area (Å²) in [6.07, 6.45) is 0. The van der Waals surface area contributed by atoms with Crippen LogP contribution in [-0.2, 0) is 12.0 Å². The molecule has 1 nitrogen and oxygen atoms in total. The van der Waals surface area contributed by atoms with Gasteiger partial charge in [-0.25, -0.2) is 0 Å². The molecule has 5 aromatic carbocycles. The molecule has 1 atom stereocenters. The second kappa shape index (κ2) is 7.16. The summed E-state index contributed by atoms with van der Waals surface area (Å²) in [5, 5.41) is 2.73. The Labute approximate surface area is 215 Å². The standard InChI is InChI=1S/C34H25NS/c1-35(2)20-21-10-9-14-25-22-11-3-6-15-28(22)34(33(21)25)29-16-7-4-12-23(29)26-19-32-27(18-30(26)34)24-13-5-8-17-31(24)36-32/h3-19H,20H2,1-2H3. The summed E-state index contributed by atoms with van der Waals surface area (Å²) in [6, 6.07) is 39.0. The molecule has 0 fully saturated rings. The lowest BCUT2D eigenvalue weighted by Crippen LogP contribution is -2.28. The van der Waals surface area contributed by atoms with Crippen molar-refractivity contribution >= 4 is 31.5 Å². The van der Waals surface area contributed by atoms with Crippen molar-refractivity contribution in [3.63, 3.8) is 0 Å². The highest BCUT2D eigenvalue weighted by Gasteiger charge is 2.52. The van der Waals surface area contributed by atoms with E-state index in [0.29, 0.717) is 0 Å². The van der Waals surface area contributed by atoms with Crippen molar-refractivity contribution in [2.75, 3.05) is 14.1 Å². The molecule has 0 saturated carbocycles. The van der Waals surface area contributed by atoms with Crippen LogP contribution in [0, 0.1) is 0 Å². The second-order valence-corrected chi connectivity index (χ2v) is 11.5. The molecular weight excluding hydrogens is 454 g/mol. The normalized spacial score (nSPS) is 17.1. The van der Waals surface area contributed by atoms with Gasteiger partial charge in [-0.05, 0) is 82.4 Å². The van der Waals surface area contributed by atoms with Gasteiger partial charge in [0.05, 0.1) is 5.41 Å². The number of hydrogen-bond donors (Lipinski definition) is 0. The third-order valence-electron chi connectivity index (χ3n) is 8.18. The first kappa shape index (κ1) is 20.5. The van der Waals surface area contributed by atoms with E-state index in [1.165, 1.54) is 70.2 Å². The van der Waals surface area contributed by atoms with Gasteiger partial charge >= 0.3 is 0 Å². The monoisotopic (exact) mass is 479 g/mol. The average molecular weight is 480 g/mol. The molecule has 8 rings (SSSR count). The van der Waals surface area contributed by atoms with Gasteiger partial charge in [0.15, 0.2) is 0 Å². The Hall–Kier alpha value is -3.72. The molecule has 172 valence electrons. The molecule has 1 heterocycles. The largest absolute Gasteiger partial charge is 0.305 e. The zero-order valence-electron chi connectivity index (χ0n) is 20.4. The Balaban J connectivity index is 1.59. The molecular formula is C34H25NS. The van der Waals surface area contributed by atoms with E-state index in [1.807, 2.05) is 11.3 Å². The number of benzene rings is 5. The van der Waals surface area contributed by atoms with Crippen LogP contribution in [0.15, 0.2) is 103 Å². The molecule has 0 aliphatic heterocycles. The van der Waals surface area contributed by atoms with Crippen molar-refractivity contribution < 1.29 is 0 Å². The Morgan fingerprint density at radius 2 is 1.25 bits per heavy atom. The summed E-state index contributed by atoms with van der Waals surface area (Å²) in [6.45, 7) is 0.917. The Morgan fingerprint density at radius 3 is 2.03 bits per heavy atom. The first-order valence-electron chi connectivity index (χ1n) is 12.6. The van der Waals surface area contributed by atoms with Gasteiger partial charge in [0.25, 0.3) is 0 Å². The molecule has 0 bridgehead atoms. The van der Waals surface area contributed by atoms with Gasteiger partial charge in [0.1, 0.15) is 0 Å². The van der Waals surface area contributed by atoms with Crippen LogP contribution in [0.1, 0.15) is 27.8 Å². The van der Waals surface area contributed by atoms with Gasteiger partial charge in [0.2, 0.25) is 0 Å². The molecule has 0 radical (unpaired) electrons. The van der Waals surface area contributed by atoms with E-state index < -0.39 is 0 Å². The highest BCUT2D eigenvalue weighted by Crippen LogP contribution is 2.64. The molecule has 1 spiro atoms. The van der Waals surface area contributed by atoms with Crippen molar-refractivity contribution in [1.82, 2.24) is 4.90 Å². The Kier molecular flexibility index (Phi) is 4.07. The van der Waals surface area contributed by atoms with Crippen molar-refractivity contribution in [1.29, 1.82) is 0 Å². The van der Waals surface area contributed by atoms with Crippen molar-refractivity contribution in [3.8, 4) is 22.3 Å². The van der Waals surface area contributed by atoms with Crippen LogP contribution in [0.4, 0.5) is 0 Å². The van der Waals surface area contributed by atoms with E-state index in [0.717, 1.165) is 6.54 Å². The van der Waals surface area contributed by atoms with Crippen LogP contribution >= 0.6 is 11.3 Å². The summed E-state index contributed by atoms with van der Waals surface area (Å²) in [7, 11) is 4.34. The third-order valence-corrected chi connectivity index (χ3v) is 9.31. The summed E-state index contributed by atoms with van der Waals surface area (Å²) in [4.78, 5) is 2.30. The zero-order valence-corrected chi connectivity index (χ0v) is 21.2. The number of fused-ring (bicyclic) bond motifs is 13. The molecule has 36 heavy (non-hydrogen) atoms. The Morgan fingerprint density at radius 1 is 0.583 bits per heavy atom. The SMILES string of the molecule is CN(C)Cc1cccc2c1C1(c3ccccc3-c3cc4sc5ccccc5c4cc31)c1ccccc1-2. The lowest BCUT2D eigenvalue weighted by atomic mass is 9.69. The average Bonchev–Trinajstić information content (AvgIpc) is 3.51. The summed E-state index contributed by atoms with van der Waals surface area (Å²) < 4.78 is 2.73. The van der Waals surface area contributed by atoms with Gasteiger partial charge < -0.3 is 4.90 Å². The zero-order chi connectivity index (χ0) is 24.0. The van der Waals surface area contributed by atoms with Gasteiger partial charge in [-0.2, -0.15) is 0 Å². The minimum atomic E-state index is -0.304. The van der Waals surface area contributed by atoms with E-state index >= 15 is 0 Å². The summed E-state index contributed by atoms with van der Waals surface area (Å²) in [5.74, 6) is 0. The van der Waals surface area contributed by atoms with E-state index in [2.05, 4.69) is 122 Å². The van der Waals surface area contributed by atoms with Crippen LogP contribution < -0.4 is 0 Å². The summed E-state index contributed by atoms with van der Waals surface area (Å²) in [5.41, 5.74) is 12.3. The van der Waals surface area contributed by atoms with E-state index in [9.17, 15) is 0 Å². The minimum Gasteiger partial charge on any atom is -0.305 e. The summed E-state index contributed by atoms with van der Waals surface area (Å²) >= 11 is 1.91. The lowest BCUT2D eigenvalue weighted by molar-refractivity contribution is 0.400. The maximum absolute atomic E-state index is 2.53. The number of nitrogens with zero attached hydrogens (tertiary/aromatic N) is 1. The Bertz CT molecular complexity index is 1860. The molecule has 1 aromatic heterocycles. The fraction of sp³-hybridized carbons (Fsp3) is 0.118. The minimum absolute atomic E-state index is 0.304. The number of hydrogen-bond acceptors (Lipinski definition) is 2. The third kappa shape index (κ3) is 2.43. The first-order chi connectivity index (χ1) is 17.7. The van der Waals surface area contributed by atoms with Crippen molar-refractivity contribution in [2.45, 2.75) is 12.0 Å². The molecule has 6 aromatic rings. The fourth-order valence-corrected chi connectivity index (χ4v) is 8.10. The van der Waals surface area contributed by atoms with Crippen molar-refractivity contribution in [2.24, 2.45) is 0 Å². The highest BCUT2D eigenvalue weighted by atomic mass is 32.1. The molecule has 2 aliphatic rings. The van der Waals surface area contributed by atoms with E-state index in [4.69, 9.17) is 0 Å². The molecule has 2 heteroatoms. The predicted octanol–water partition coefficient (Wildman–Crippen LogP) is 8.46. The van der Waals surface area contributed by atoms with E-state index in [1.54, 1.807) is 0 Å². The molecule has 0 amide bonds. The van der Waals surface area contributed by atoms with Crippen LogP contribution in [0.2, 0.25) is 0 Å². The lowest BCUT2D eigenvalue weighted by Gasteiger charge is -2.32. The molecule has 1 unspecified atom stereocenters. The number of thiophene rings is 1. The van der Waals surface area contributed by atoms with Crippen LogP contribution in [-0.4, -0.2) is 19.0 Å². The molecule has 0 N–H and O–H groups in total. The van der Waals surface area contributed by atoms with E-state index in [-0.39, 0.29) is 5.41 Å². The molecule has 2 aliphatic carbocycles. The van der Waals surface area contributed by atoms with Gasteiger partial charge in [0, 0.05) is 26.7 Å². The smallest absolute Gasteiger partial charge is 0.0728 e. The van der Waals surface area contributed by atoms with Gasteiger partial charge in [-0.15, -0.1) is 11.3 Å². The second-order valence-electron chi connectivity index (χ2n) is 10.4. The fourth-order valence-electron chi connectivity index (χ4n) is 6.97. The number of rotatable bonds is 2. The van der Waals surface area contributed by atoms with Crippen LogP contribution in [0.3, 0.4) is 0 Å². The first-order valence-corrected chi connectivity index (χ1v) is 13.4. The maximum atomic E-state index is 2.53. The van der Waals surface area contributed by atoms with Gasteiger partial charge in [-0.3, -0.25) is 0 Å². The predicted molar refractivity (Wildman–Crippen MR) is 153 cm³/mol. The van der Waals surface area contributed by atoms with Crippen LogP contribution in [0.5, 0.6) is 0 Å². The van der Waals surface area contributed by atoms with Crippen LogP contribution in [0.25, 0.3) is 42.4 Å². The topological polar surface area (TPSA) is 3.24 Å². The maximum Gasteiger partial charge on any atom is 0.0728 e. The quantitative estimate of drug-likeness (QED) is 0.240. The highest BCUT2D eigenvalue weighted by molar-refractivity contribution is 7.25.